The van der Waals surface area contributed by atoms with Gasteiger partial charge in [0.15, 0.2) is 5.70 Å². The Morgan fingerprint density at radius 3 is 2.33 bits per heavy atom. The van der Waals surface area contributed by atoms with Crippen LogP contribution in [-0.4, -0.2) is 23.8 Å². The van der Waals surface area contributed by atoms with E-state index in [9.17, 15) is 14.4 Å². The quantitative estimate of drug-likeness (QED) is 0.231. The largest absolute Gasteiger partial charge is 0.426 e. The number of cyclic esters (lactones) is 1. The highest BCUT2D eigenvalue weighted by Crippen LogP contribution is 2.33. The van der Waals surface area contributed by atoms with Gasteiger partial charge in [-0.1, -0.05) is 44.4 Å². The molecule has 1 aliphatic heterocycles. The highest BCUT2D eigenvalue weighted by molar-refractivity contribution is 6.13. The highest BCUT2D eigenvalue weighted by atomic mass is 16.6. The number of esters is 3. The second-order valence-electron chi connectivity index (χ2n) is 7.70. The van der Waals surface area contributed by atoms with Crippen molar-refractivity contribution in [3.8, 4) is 11.5 Å². The molecule has 0 spiro atoms. The third-order valence-electron chi connectivity index (χ3n) is 4.93. The van der Waals surface area contributed by atoms with E-state index in [0.29, 0.717) is 23.3 Å². The molecule has 2 aromatic rings. The number of unbranched alkanes of at least 4 members (excludes halogenated alkanes) is 3. The molecule has 0 atom stereocenters. The lowest BCUT2D eigenvalue weighted by molar-refractivity contribution is -0.132. The maximum Gasteiger partial charge on any atom is 0.363 e. The molecule has 0 fully saturated rings. The van der Waals surface area contributed by atoms with Gasteiger partial charge in [0, 0.05) is 31.0 Å². The molecule has 0 bridgehead atoms. The van der Waals surface area contributed by atoms with Crippen LogP contribution in [0.5, 0.6) is 11.5 Å². The maximum absolute atomic E-state index is 12.5. The van der Waals surface area contributed by atoms with E-state index in [2.05, 4.69) is 11.9 Å². The van der Waals surface area contributed by atoms with Crippen molar-refractivity contribution in [2.75, 3.05) is 0 Å². The standard InChI is InChI=1S/C26H27NO6/c1-4-5-6-8-13-20-14-21(24(32-18(3)29)16-23(20)31-17(2)28)15-22-26(30)33-25(27-22)19-11-9-7-10-12-19/h7,9-12,14-16H,4-6,8,13H2,1-3H3/b22-15+. The number of ether oxygens (including phenoxy) is 3. The van der Waals surface area contributed by atoms with Crippen molar-refractivity contribution in [2.24, 2.45) is 4.99 Å². The van der Waals surface area contributed by atoms with Gasteiger partial charge in [0.2, 0.25) is 5.90 Å². The van der Waals surface area contributed by atoms with E-state index >= 15 is 0 Å². The first-order valence-electron chi connectivity index (χ1n) is 11.0. The van der Waals surface area contributed by atoms with E-state index < -0.39 is 17.9 Å². The van der Waals surface area contributed by atoms with Gasteiger partial charge in [-0.2, -0.15) is 0 Å². The van der Waals surface area contributed by atoms with E-state index in [1.54, 1.807) is 18.2 Å². The lowest BCUT2D eigenvalue weighted by Gasteiger charge is -2.14. The smallest absolute Gasteiger partial charge is 0.363 e. The van der Waals surface area contributed by atoms with Gasteiger partial charge in [-0.25, -0.2) is 9.79 Å². The van der Waals surface area contributed by atoms with Crippen LogP contribution in [0.15, 0.2) is 53.2 Å². The molecule has 0 amide bonds. The Morgan fingerprint density at radius 2 is 1.67 bits per heavy atom. The molecule has 172 valence electrons. The maximum atomic E-state index is 12.5. The van der Waals surface area contributed by atoms with Crippen molar-refractivity contribution in [3.63, 3.8) is 0 Å². The van der Waals surface area contributed by atoms with Crippen molar-refractivity contribution < 1.29 is 28.6 Å². The molecule has 3 rings (SSSR count). The molecular formula is C26H27NO6. The lowest BCUT2D eigenvalue weighted by Crippen LogP contribution is -2.08. The SMILES string of the molecule is CCCCCCc1cc(/C=C2/N=C(c3ccccc3)OC2=O)c(OC(C)=O)cc1OC(C)=O. The molecule has 7 nitrogen and oxygen atoms in total. The zero-order valence-electron chi connectivity index (χ0n) is 19.1. The third-order valence-corrected chi connectivity index (χ3v) is 4.93. The van der Waals surface area contributed by atoms with E-state index in [0.717, 1.165) is 31.2 Å². The predicted molar refractivity (Wildman–Crippen MR) is 124 cm³/mol. The molecular weight excluding hydrogens is 422 g/mol. The summed E-state index contributed by atoms with van der Waals surface area (Å²) in [6, 6.07) is 12.4. The zero-order chi connectivity index (χ0) is 23.8. The number of hydrogen-bond donors (Lipinski definition) is 0. The number of carbonyl (C=O) groups is 3. The van der Waals surface area contributed by atoms with Crippen molar-refractivity contribution in [3.05, 3.63) is 64.9 Å². The van der Waals surface area contributed by atoms with Crippen LogP contribution in [-0.2, 0) is 25.5 Å². The summed E-state index contributed by atoms with van der Waals surface area (Å²) in [7, 11) is 0. The van der Waals surface area contributed by atoms with Gasteiger partial charge in [-0.05, 0) is 42.7 Å². The molecule has 0 aliphatic carbocycles. The summed E-state index contributed by atoms with van der Waals surface area (Å²) in [6.45, 7) is 4.72. The molecule has 1 aliphatic rings. The second kappa shape index (κ2) is 11.2. The molecule has 0 saturated carbocycles. The van der Waals surface area contributed by atoms with Gasteiger partial charge in [0.25, 0.3) is 0 Å². The number of hydrogen-bond acceptors (Lipinski definition) is 7. The number of carbonyl (C=O) groups excluding carboxylic acids is 3. The minimum atomic E-state index is -0.601. The average Bonchev–Trinajstić information content (AvgIpc) is 3.14. The van der Waals surface area contributed by atoms with Gasteiger partial charge >= 0.3 is 17.9 Å². The Bertz CT molecular complexity index is 1100. The Hall–Kier alpha value is -3.74. The first-order chi connectivity index (χ1) is 15.9. The van der Waals surface area contributed by atoms with Crippen LogP contribution < -0.4 is 9.47 Å². The normalized spacial score (nSPS) is 14.1. The van der Waals surface area contributed by atoms with Crippen molar-refractivity contribution >= 4 is 29.9 Å². The van der Waals surface area contributed by atoms with Crippen LogP contribution in [0.2, 0.25) is 0 Å². The zero-order valence-corrected chi connectivity index (χ0v) is 19.1. The summed E-state index contributed by atoms with van der Waals surface area (Å²) in [5.74, 6) is -0.907. The summed E-state index contributed by atoms with van der Waals surface area (Å²) >= 11 is 0. The molecule has 0 aromatic heterocycles. The van der Waals surface area contributed by atoms with E-state index in [1.165, 1.54) is 26.0 Å². The van der Waals surface area contributed by atoms with Crippen molar-refractivity contribution in [1.29, 1.82) is 0 Å². The first-order valence-corrected chi connectivity index (χ1v) is 11.0. The van der Waals surface area contributed by atoms with Crippen LogP contribution in [0.25, 0.3) is 6.08 Å². The molecule has 2 aromatic carbocycles. The minimum Gasteiger partial charge on any atom is -0.426 e. The van der Waals surface area contributed by atoms with Crippen molar-refractivity contribution in [1.82, 2.24) is 0 Å². The van der Waals surface area contributed by atoms with Gasteiger partial charge < -0.3 is 14.2 Å². The number of aliphatic imine (C=N–C) groups is 1. The number of aryl methyl sites for hydroxylation is 1. The van der Waals surface area contributed by atoms with Crippen LogP contribution in [0.4, 0.5) is 0 Å². The molecule has 33 heavy (non-hydrogen) atoms. The number of rotatable bonds is 9. The Morgan fingerprint density at radius 1 is 0.970 bits per heavy atom. The van der Waals surface area contributed by atoms with Crippen LogP contribution in [0.3, 0.4) is 0 Å². The van der Waals surface area contributed by atoms with E-state index in [-0.39, 0.29) is 17.3 Å². The van der Waals surface area contributed by atoms with E-state index in [1.807, 2.05) is 18.2 Å². The summed E-state index contributed by atoms with van der Waals surface area (Å²) in [6.07, 6.45) is 6.34. The van der Waals surface area contributed by atoms with Gasteiger partial charge in [-0.3, -0.25) is 9.59 Å². The number of nitrogens with zero attached hydrogens (tertiary/aromatic N) is 1. The molecule has 7 heteroatoms. The van der Waals surface area contributed by atoms with Crippen molar-refractivity contribution in [2.45, 2.75) is 52.9 Å². The highest BCUT2D eigenvalue weighted by Gasteiger charge is 2.25. The summed E-state index contributed by atoms with van der Waals surface area (Å²) in [5.41, 5.74) is 2.01. The van der Waals surface area contributed by atoms with Gasteiger partial charge in [0.05, 0.1) is 0 Å². The Labute approximate surface area is 193 Å². The fraction of sp³-hybridized carbons (Fsp3) is 0.308. The third kappa shape index (κ3) is 6.62. The second-order valence-corrected chi connectivity index (χ2v) is 7.70. The molecule has 0 saturated heterocycles. The number of benzene rings is 2. The summed E-state index contributed by atoms with van der Waals surface area (Å²) in [4.78, 5) is 40.1. The van der Waals surface area contributed by atoms with Gasteiger partial charge in [-0.15, -0.1) is 0 Å². The Balaban J connectivity index is 2.02. The minimum absolute atomic E-state index is 0.0828. The summed E-state index contributed by atoms with van der Waals surface area (Å²) < 4.78 is 16.0. The molecule has 0 unspecified atom stereocenters. The molecule has 0 N–H and O–H groups in total. The predicted octanol–water partition coefficient (Wildman–Crippen LogP) is 5.00. The fourth-order valence-corrected chi connectivity index (χ4v) is 3.43. The van der Waals surface area contributed by atoms with Crippen LogP contribution >= 0.6 is 0 Å². The summed E-state index contributed by atoms with van der Waals surface area (Å²) in [5, 5.41) is 0. The van der Waals surface area contributed by atoms with E-state index in [4.69, 9.17) is 14.2 Å². The van der Waals surface area contributed by atoms with Crippen LogP contribution in [0, 0.1) is 0 Å². The monoisotopic (exact) mass is 449 g/mol. The molecule has 1 heterocycles. The fourth-order valence-electron chi connectivity index (χ4n) is 3.43. The van der Waals surface area contributed by atoms with Gasteiger partial charge in [0.1, 0.15) is 11.5 Å². The first kappa shape index (κ1) is 23.9. The van der Waals surface area contributed by atoms with Crippen LogP contribution in [0.1, 0.15) is 63.1 Å². The average molecular weight is 450 g/mol. The topological polar surface area (TPSA) is 91.3 Å². The lowest BCUT2D eigenvalue weighted by atomic mass is 10.0. The molecule has 0 radical (unpaired) electrons. The Kier molecular flexibility index (Phi) is 8.13.